The van der Waals surface area contributed by atoms with Crippen molar-refractivity contribution in [3.8, 4) is 0 Å². The first-order chi connectivity index (χ1) is 8.24. The van der Waals surface area contributed by atoms with Crippen molar-refractivity contribution < 1.29 is 4.74 Å². The van der Waals surface area contributed by atoms with Crippen molar-refractivity contribution in [1.82, 2.24) is 9.80 Å². The molecule has 0 aromatic carbocycles. The summed E-state index contributed by atoms with van der Waals surface area (Å²) in [7, 11) is 2.26. The van der Waals surface area contributed by atoms with Gasteiger partial charge in [0.15, 0.2) is 0 Å². The highest BCUT2D eigenvalue weighted by Crippen LogP contribution is 2.07. The van der Waals surface area contributed by atoms with E-state index in [-0.39, 0.29) is 0 Å². The van der Waals surface area contributed by atoms with Crippen molar-refractivity contribution in [2.24, 2.45) is 0 Å². The predicted octanol–water partition coefficient (Wildman–Crippen LogP) is 2.22. The van der Waals surface area contributed by atoms with Crippen LogP contribution in [0.5, 0.6) is 0 Å². The summed E-state index contributed by atoms with van der Waals surface area (Å²) < 4.78 is 5.36. The van der Waals surface area contributed by atoms with Crippen molar-refractivity contribution in [3.05, 3.63) is 0 Å². The minimum absolute atomic E-state index is 0.736. The van der Waals surface area contributed by atoms with E-state index in [0.29, 0.717) is 0 Å². The van der Waals surface area contributed by atoms with Gasteiger partial charge in [0.1, 0.15) is 0 Å². The number of hydrogen-bond acceptors (Lipinski definition) is 3. The molecule has 1 aliphatic rings. The van der Waals surface area contributed by atoms with Gasteiger partial charge in [0.05, 0.1) is 13.2 Å². The Morgan fingerprint density at radius 1 is 1.24 bits per heavy atom. The lowest BCUT2D eigenvalue weighted by Gasteiger charge is -2.29. The fourth-order valence-corrected chi connectivity index (χ4v) is 2.31. The lowest BCUT2D eigenvalue weighted by Crippen LogP contribution is -2.38. The summed E-state index contributed by atoms with van der Waals surface area (Å²) in [6, 6.07) is 0.736. The van der Waals surface area contributed by atoms with Gasteiger partial charge in [0.2, 0.25) is 0 Å². The van der Waals surface area contributed by atoms with Gasteiger partial charge in [-0.05, 0) is 39.9 Å². The largest absolute Gasteiger partial charge is 0.379 e. The smallest absolute Gasteiger partial charge is 0.0594 e. The fourth-order valence-electron chi connectivity index (χ4n) is 2.31. The summed E-state index contributed by atoms with van der Waals surface area (Å²) in [4.78, 5) is 5.03. The molecule has 0 radical (unpaired) electrons. The van der Waals surface area contributed by atoms with Crippen LogP contribution in [0.15, 0.2) is 0 Å². The zero-order valence-corrected chi connectivity index (χ0v) is 12.0. The third kappa shape index (κ3) is 6.39. The van der Waals surface area contributed by atoms with Crippen molar-refractivity contribution in [2.75, 3.05) is 46.4 Å². The Morgan fingerprint density at radius 3 is 2.59 bits per heavy atom. The molecule has 0 amide bonds. The zero-order valence-electron chi connectivity index (χ0n) is 12.0. The normalized spacial score (nSPS) is 19.8. The minimum Gasteiger partial charge on any atom is -0.379 e. The van der Waals surface area contributed by atoms with E-state index in [1.165, 1.54) is 38.8 Å². The summed E-state index contributed by atoms with van der Waals surface area (Å²) in [5.74, 6) is 0. The van der Waals surface area contributed by atoms with E-state index in [1.54, 1.807) is 0 Å². The molecular formula is C14H30N2O. The molecule has 0 saturated carbocycles. The predicted molar refractivity (Wildman–Crippen MR) is 73.5 cm³/mol. The van der Waals surface area contributed by atoms with Crippen LogP contribution >= 0.6 is 0 Å². The number of nitrogens with zero attached hydrogens (tertiary/aromatic N) is 2. The Kier molecular flexibility index (Phi) is 7.82. The van der Waals surface area contributed by atoms with Crippen molar-refractivity contribution in [1.29, 1.82) is 0 Å². The Hall–Kier alpha value is -0.120. The average molecular weight is 242 g/mol. The SMILES string of the molecule is CCCCC(C)N(C)CCCN1CCOCC1. The molecule has 1 fully saturated rings. The van der Waals surface area contributed by atoms with Crippen LogP contribution in [0, 0.1) is 0 Å². The van der Waals surface area contributed by atoms with Crippen LogP contribution in [0.2, 0.25) is 0 Å². The maximum atomic E-state index is 5.36. The molecule has 102 valence electrons. The molecule has 0 bridgehead atoms. The molecule has 17 heavy (non-hydrogen) atoms. The summed E-state index contributed by atoms with van der Waals surface area (Å²) >= 11 is 0. The van der Waals surface area contributed by atoms with E-state index in [1.807, 2.05) is 0 Å². The first-order valence-electron chi connectivity index (χ1n) is 7.24. The molecule has 1 aliphatic heterocycles. The Balaban J connectivity index is 2.04. The molecule has 0 aromatic heterocycles. The van der Waals surface area contributed by atoms with Gasteiger partial charge in [-0.3, -0.25) is 4.90 Å². The van der Waals surface area contributed by atoms with Crippen molar-refractivity contribution >= 4 is 0 Å². The lowest BCUT2D eigenvalue weighted by atomic mass is 10.1. The summed E-state index contributed by atoms with van der Waals surface area (Å²) in [6.07, 6.45) is 5.29. The first kappa shape index (κ1) is 14.9. The summed E-state index contributed by atoms with van der Waals surface area (Å²) in [5.41, 5.74) is 0. The van der Waals surface area contributed by atoms with Gasteiger partial charge in [-0.15, -0.1) is 0 Å². The third-order valence-electron chi connectivity index (χ3n) is 3.82. The van der Waals surface area contributed by atoms with Gasteiger partial charge in [0.25, 0.3) is 0 Å². The van der Waals surface area contributed by atoms with Crippen LogP contribution in [-0.4, -0.2) is 62.3 Å². The molecule has 1 saturated heterocycles. The zero-order chi connectivity index (χ0) is 12.5. The number of ether oxygens (including phenoxy) is 1. The van der Waals surface area contributed by atoms with Gasteiger partial charge in [-0.2, -0.15) is 0 Å². The molecule has 0 spiro atoms. The summed E-state index contributed by atoms with van der Waals surface area (Å²) in [6.45, 7) is 11.2. The first-order valence-corrected chi connectivity index (χ1v) is 7.24. The van der Waals surface area contributed by atoms with Crippen LogP contribution in [0.4, 0.5) is 0 Å². The molecule has 0 aliphatic carbocycles. The van der Waals surface area contributed by atoms with Gasteiger partial charge >= 0.3 is 0 Å². The second kappa shape index (κ2) is 8.90. The second-order valence-corrected chi connectivity index (χ2v) is 5.28. The number of morpholine rings is 1. The molecule has 0 aromatic rings. The molecule has 3 nitrogen and oxygen atoms in total. The fraction of sp³-hybridized carbons (Fsp3) is 1.00. The van der Waals surface area contributed by atoms with E-state index in [9.17, 15) is 0 Å². The van der Waals surface area contributed by atoms with Crippen LogP contribution in [0.3, 0.4) is 0 Å². The van der Waals surface area contributed by atoms with Gasteiger partial charge in [-0.1, -0.05) is 19.8 Å². The number of hydrogen-bond donors (Lipinski definition) is 0. The topological polar surface area (TPSA) is 15.7 Å². The maximum absolute atomic E-state index is 5.36. The van der Waals surface area contributed by atoms with E-state index < -0.39 is 0 Å². The maximum Gasteiger partial charge on any atom is 0.0594 e. The molecule has 1 atom stereocenters. The summed E-state index contributed by atoms with van der Waals surface area (Å²) in [5, 5.41) is 0. The van der Waals surface area contributed by atoms with E-state index in [2.05, 4.69) is 30.7 Å². The lowest BCUT2D eigenvalue weighted by molar-refractivity contribution is 0.0359. The number of rotatable bonds is 8. The van der Waals surface area contributed by atoms with E-state index in [0.717, 1.165) is 32.3 Å². The second-order valence-electron chi connectivity index (χ2n) is 5.28. The van der Waals surface area contributed by atoms with Gasteiger partial charge < -0.3 is 9.64 Å². The molecule has 1 rings (SSSR count). The average Bonchev–Trinajstić information content (AvgIpc) is 2.37. The van der Waals surface area contributed by atoms with Crippen molar-refractivity contribution in [3.63, 3.8) is 0 Å². The standard InChI is InChI=1S/C14H30N2O/c1-4-5-7-14(2)15(3)8-6-9-16-10-12-17-13-11-16/h14H,4-13H2,1-3H3. The molecule has 0 N–H and O–H groups in total. The van der Waals surface area contributed by atoms with E-state index in [4.69, 9.17) is 4.74 Å². The van der Waals surface area contributed by atoms with Crippen LogP contribution in [-0.2, 0) is 4.74 Å². The Morgan fingerprint density at radius 2 is 1.94 bits per heavy atom. The van der Waals surface area contributed by atoms with Crippen LogP contribution in [0.1, 0.15) is 39.5 Å². The number of unbranched alkanes of at least 4 members (excludes halogenated alkanes) is 1. The van der Waals surface area contributed by atoms with Gasteiger partial charge in [0, 0.05) is 19.1 Å². The Bertz CT molecular complexity index is 181. The highest BCUT2D eigenvalue weighted by molar-refractivity contribution is 4.66. The van der Waals surface area contributed by atoms with E-state index >= 15 is 0 Å². The third-order valence-corrected chi connectivity index (χ3v) is 3.82. The molecule has 1 unspecified atom stereocenters. The highest BCUT2D eigenvalue weighted by atomic mass is 16.5. The van der Waals surface area contributed by atoms with Crippen LogP contribution < -0.4 is 0 Å². The Labute approximate surface area is 107 Å². The molecular weight excluding hydrogens is 212 g/mol. The quantitative estimate of drug-likeness (QED) is 0.649. The van der Waals surface area contributed by atoms with Crippen molar-refractivity contribution in [2.45, 2.75) is 45.6 Å². The highest BCUT2D eigenvalue weighted by Gasteiger charge is 2.11. The monoisotopic (exact) mass is 242 g/mol. The molecule has 3 heteroatoms. The van der Waals surface area contributed by atoms with Gasteiger partial charge in [-0.25, -0.2) is 0 Å². The van der Waals surface area contributed by atoms with Crippen LogP contribution in [0.25, 0.3) is 0 Å². The molecule has 1 heterocycles. The minimum atomic E-state index is 0.736.